The molecule has 0 N–H and O–H groups in total. The molecule has 2 rings (SSSR count). The number of carbonyl (C=O) groups is 1. The maximum absolute atomic E-state index is 12.8. The van der Waals surface area contributed by atoms with Gasteiger partial charge >= 0.3 is 0 Å². The molecule has 0 bridgehead atoms. The van der Waals surface area contributed by atoms with Crippen molar-refractivity contribution in [3.8, 4) is 0 Å². The lowest BCUT2D eigenvalue weighted by Crippen LogP contribution is -2.42. The molecule has 7 heteroatoms. The molecule has 0 unspecified atom stereocenters. The first-order chi connectivity index (χ1) is 11.2. The number of nitrogens with zero attached hydrogens (tertiary/aromatic N) is 3. The molecule has 6 nitrogen and oxygen atoms in total. The average molecular weight is 349 g/mol. The average Bonchev–Trinajstić information content (AvgIpc) is 3.03. The fraction of sp³-hybridized carbons (Fsp3) is 0.353. The Bertz CT molecular complexity index is 797. The van der Waals surface area contributed by atoms with Crippen LogP contribution in [-0.2, 0) is 21.4 Å². The topological polar surface area (TPSA) is 62.6 Å². The molecule has 0 aliphatic rings. The van der Waals surface area contributed by atoms with Crippen LogP contribution in [0.3, 0.4) is 0 Å². The Morgan fingerprint density at radius 3 is 2.29 bits per heavy atom. The summed E-state index contributed by atoms with van der Waals surface area (Å²) in [7, 11) is 1.57. The van der Waals surface area contributed by atoms with E-state index in [1.165, 1.54) is 15.1 Å². The van der Waals surface area contributed by atoms with Gasteiger partial charge in [0.15, 0.2) is 0 Å². The van der Waals surface area contributed by atoms with Crippen LogP contribution < -0.4 is 0 Å². The Morgan fingerprint density at radius 1 is 1.08 bits per heavy atom. The van der Waals surface area contributed by atoms with Crippen LogP contribution in [0, 0.1) is 0 Å². The highest BCUT2D eigenvalue weighted by Crippen LogP contribution is 2.18. The molecule has 0 aliphatic carbocycles. The van der Waals surface area contributed by atoms with E-state index in [-0.39, 0.29) is 16.8 Å². The summed E-state index contributed by atoms with van der Waals surface area (Å²) in [6.45, 7) is 2.15. The van der Waals surface area contributed by atoms with E-state index < -0.39 is 10.0 Å². The fourth-order valence-electron chi connectivity index (χ4n) is 2.42. The van der Waals surface area contributed by atoms with Crippen LogP contribution in [0.5, 0.6) is 0 Å². The summed E-state index contributed by atoms with van der Waals surface area (Å²) < 4.78 is 26.8. The van der Waals surface area contributed by atoms with Crippen molar-refractivity contribution in [3.05, 3.63) is 54.4 Å². The number of likely N-dealkylation sites (N-methyl/N-ethyl adjacent to an activating group) is 2. The second kappa shape index (κ2) is 7.19. The van der Waals surface area contributed by atoms with Crippen molar-refractivity contribution in [2.24, 2.45) is 0 Å². The number of hydrogen-bond donors (Lipinski definition) is 0. The minimum Gasteiger partial charge on any atom is -0.347 e. The molecule has 0 aliphatic heterocycles. The third kappa shape index (κ3) is 3.68. The summed E-state index contributed by atoms with van der Waals surface area (Å²) in [6.07, 6.45) is 1.53. The van der Waals surface area contributed by atoms with E-state index in [1.54, 1.807) is 70.5 Å². The Hall–Kier alpha value is -2.12. The first-order valence-corrected chi connectivity index (χ1v) is 9.07. The van der Waals surface area contributed by atoms with E-state index in [2.05, 4.69) is 0 Å². The monoisotopic (exact) mass is 349 g/mol. The maximum Gasteiger partial charge on any atom is 0.267 e. The largest absolute Gasteiger partial charge is 0.347 e. The molecule has 1 heterocycles. The summed E-state index contributed by atoms with van der Waals surface area (Å²) in [4.78, 5) is 15.7. The van der Waals surface area contributed by atoms with Gasteiger partial charge in [0.2, 0.25) is 5.91 Å². The second-order valence-corrected chi connectivity index (χ2v) is 7.75. The van der Waals surface area contributed by atoms with Gasteiger partial charge in [-0.3, -0.25) is 9.69 Å². The molecule has 1 amide bonds. The van der Waals surface area contributed by atoms with Crippen LogP contribution in [-0.4, -0.2) is 55.3 Å². The van der Waals surface area contributed by atoms with Crippen LogP contribution in [0.1, 0.15) is 12.6 Å². The van der Waals surface area contributed by atoms with Crippen molar-refractivity contribution in [2.45, 2.75) is 24.4 Å². The lowest BCUT2D eigenvalue weighted by Gasteiger charge is -2.26. The summed E-state index contributed by atoms with van der Waals surface area (Å²) >= 11 is 0. The molecule has 1 atom stereocenters. The smallest absolute Gasteiger partial charge is 0.267 e. The number of benzene rings is 1. The molecule has 0 saturated heterocycles. The van der Waals surface area contributed by atoms with Crippen LogP contribution >= 0.6 is 0 Å². The number of aromatic nitrogens is 1. The van der Waals surface area contributed by atoms with Gasteiger partial charge in [0.1, 0.15) is 0 Å². The van der Waals surface area contributed by atoms with E-state index in [0.717, 1.165) is 0 Å². The highest BCUT2D eigenvalue weighted by Gasteiger charge is 2.23. The molecule has 1 aromatic heterocycles. The summed E-state index contributed by atoms with van der Waals surface area (Å²) in [5, 5.41) is 0. The maximum atomic E-state index is 12.8. The molecule has 2 aromatic rings. The van der Waals surface area contributed by atoms with Crippen LogP contribution in [0.2, 0.25) is 0 Å². The minimum atomic E-state index is -3.64. The molecule has 130 valence electrons. The van der Waals surface area contributed by atoms with Gasteiger partial charge in [-0.15, -0.1) is 0 Å². The fourth-order valence-corrected chi connectivity index (χ4v) is 3.81. The predicted molar refractivity (Wildman–Crippen MR) is 93.1 cm³/mol. The standard InChI is InChI=1S/C17H23N3O3S/c1-14(17(21)18(2)3)19(4)13-15-9-8-12-20(15)24(22,23)16-10-6-5-7-11-16/h5-12,14H,13H2,1-4H3/t14-/m0/s1. The van der Waals surface area contributed by atoms with E-state index in [0.29, 0.717) is 12.2 Å². The van der Waals surface area contributed by atoms with Crippen molar-refractivity contribution in [3.63, 3.8) is 0 Å². The van der Waals surface area contributed by atoms with Crippen molar-refractivity contribution >= 4 is 15.9 Å². The van der Waals surface area contributed by atoms with Gasteiger partial charge < -0.3 is 4.90 Å². The van der Waals surface area contributed by atoms with Crippen LogP contribution in [0.25, 0.3) is 0 Å². The Kier molecular flexibility index (Phi) is 5.46. The Balaban J connectivity index is 2.27. The summed E-state index contributed by atoms with van der Waals surface area (Å²) in [5.41, 5.74) is 0.611. The van der Waals surface area contributed by atoms with Crippen molar-refractivity contribution < 1.29 is 13.2 Å². The third-order valence-electron chi connectivity index (χ3n) is 3.96. The van der Waals surface area contributed by atoms with Gasteiger partial charge in [-0.05, 0) is 38.2 Å². The molecular formula is C17H23N3O3S. The zero-order chi connectivity index (χ0) is 17.9. The predicted octanol–water partition coefficient (Wildman–Crippen LogP) is 1.63. The van der Waals surface area contributed by atoms with Crippen molar-refractivity contribution in [2.75, 3.05) is 21.1 Å². The summed E-state index contributed by atoms with van der Waals surface area (Å²) in [5.74, 6) is -0.0264. The molecule has 0 fully saturated rings. The lowest BCUT2D eigenvalue weighted by molar-refractivity contribution is -0.133. The quantitative estimate of drug-likeness (QED) is 0.795. The van der Waals surface area contributed by atoms with Crippen LogP contribution in [0.4, 0.5) is 0 Å². The normalized spacial score (nSPS) is 13.0. The highest BCUT2D eigenvalue weighted by molar-refractivity contribution is 7.90. The number of hydrogen-bond acceptors (Lipinski definition) is 4. The van der Waals surface area contributed by atoms with E-state index in [4.69, 9.17) is 0 Å². The number of rotatable bonds is 6. The Labute approximate surface area is 143 Å². The van der Waals surface area contributed by atoms with E-state index >= 15 is 0 Å². The molecule has 1 aromatic carbocycles. The first kappa shape index (κ1) is 18.2. The minimum absolute atomic E-state index is 0.0264. The molecular weight excluding hydrogens is 326 g/mol. The van der Waals surface area contributed by atoms with Gasteiger partial charge in [-0.2, -0.15) is 0 Å². The molecule has 0 radical (unpaired) electrons. The molecule has 24 heavy (non-hydrogen) atoms. The van der Waals surface area contributed by atoms with Crippen molar-refractivity contribution in [1.29, 1.82) is 0 Å². The van der Waals surface area contributed by atoms with E-state index in [9.17, 15) is 13.2 Å². The lowest BCUT2D eigenvalue weighted by atomic mass is 10.2. The van der Waals surface area contributed by atoms with E-state index in [1.807, 2.05) is 4.90 Å². The van der Waals surface area contributed by atoms with Gasteiger partial charge in [0.05, 0.1) is 10.9 Å². The SMILES string of the molecule is C[C@@H](C(=O)N(C)C)N(C)Cc1cccn1S(=O)(=O)c1ccccc1. The highest BCUT2D eigenvalue weighted by atomic mass is 32.2. The molecule has 0 spiro atoms. The number of amides is 1. The van der Waals surface area contributed by atoms with Gasteiger partial charge in [-0.25, -0.2) is 12.4 Å². The van der Waals surface area contributed by atoms with Crippen molar-refractivity contribution in [1.82, 2.24) is 13.8 Å². The third-order valence-corrected chi connectivity index (χ3v) is 5.71. The zero-order valence-electron chi connectivity index (χ0n) is 14.4. The second-order valence-electron chi connectivity index (χ2n) is 5.94. The van der Waals surface area contributed by atoms with Gasteiger partial charge in [0.25, 0.3) is 10.0 Å². The summed E-state index contributed by atoms with van der Waals surface area (Å²) in [6, 6.07) is 11.4. The van der Waals surface area contributed by atoms with Gasteiger partial charge in [0, 0.05) is 32.5 Å². The molecule has 0 saturated carbocycles. The first-order valence-electron chi connectivity index (χ1n) is 7.63. The van der Waals surface area contributed by atoms with Gasteiger partial charge in [-0.1, -0.05) is 18.2 Å². The number of carbonyl (C=O) groups excluding carboxylic acids is 1. The Morgan fingerprint density at radius 2 is 1.71 bits per heavy atom. The zero-order valence-corrected chi connectivity index (χ0v) is 15.2. The van der Waals surface area contributed by atoms with Crippen LogP contribution in [0.15, 0.2) is 53.6 Å².